The maximum absolute atomic E-state index is 5.55. The van der Waals surface area contributed by atoms with Crippen LogP contribution in [0.4, 0.5) is 5.00 Å². The molecule has 2 aromatic rings. The SMILES string of the molecule is C=NN1CCCC(c2ccc3c(c2)OCO3)C1=NCNC/C=C/Nc1cc(C)ns1. The van der Waals surface area contributed by atoms with E-state index in [2.05, 4.69) is 39.0 Å². The molecule has 0 aliphatic carbocycles. The molecule has 3 heterocycles. The van der Waals surface area contributed by atoms with Gasteiger partial charge in [0.25, 0.3) is 0 Å². The monoisotopic (exact) mass is 426 g/mol. The van der Waals surface area contributed by atoms with E-state index in [1.807, 2.05) is 36.3 Å². The van der Waals surface area contributed by atoms with E-state index in [0.717, 1.165) is 53.0 Å². The van der Waals surface area contributed by atoms with Crippen LogP contribution in [-0.2, 0) is 0 Å². The predicted molar refractivity (Wildman–Crippen MR) is 121 cm³/mol. The Kier molecular flexibility index (Phi) is 6.60. The second-order valence-corrected chi connectivity index (χ2v) is 7.88. The lowest BCUT2D eigenvalue weighted by molar-refractivity contribution is 0.174. The Morgan fingerprint density at radius 3 is 3.07 bits per heavy atom. The first kappa shape index (κ1) is 20.4. The third-order valence-electron chi connectivity index (χ3n) is 5.00. The van der Waals surface area contributed by atoms with E-state index in [0.29, 0.717) is 13.2 Å². The number of benzene rings is 1. The fourth-order valence-corrected chi connectivity index (χ4v) is 4.20. The molecule has 1 unspecified atom stereocenters. The molecule has 4 rings (SSSR count). The summed E-state index contributed by atoms with van der Waals surface area (Å²) in [6.45, 7) is 8.03. The first-order valence-corrected chi connectivity index (χ1v) is 10.8. The van der Waals surface area contributed by atoms with Gasteiger partial charge >= 0.3 is 0 Å². The van der Waals surface area contributed by atoms with Crippen molar-refractivity contribution in [3.8, 4) is 11.5 Å². The smallest absolute Gasteiger partial charge is 0.231 e. The first-order valence-electron chi connectivity index (χ1n) is 9.98. The quantitative estimate of drug-likeness (QED) is 0.496. The summed E-state index contributed by atoms with van der Waals surface area (Å²) in [5, 5.41) is 13.7. The number of fused-ring (bicyclic) bond motifs is 1. The summed E-state index contributed by atoms with van der Waals surface area (Å²) in [6.07, 6.45) is 5.99. The van der Waals surface area contributed by atoms with Crippen LogP contribution in [0.2, 0.25) is 0 Å². The maximum atomic E-state index is 5.55. The van der Waals surface area contributed by atoms with Crippen molar-refractivity contribution in [3.63, 3.8) is 0 Å². The second kappa shape index (κ2) is 9.73. The van der Waals surface area contributed by atoms with E-state index in [-0.39, 0.29) is 12.7 Å². The summed E-state index contributed by atoms with van der Waals surface area (Å²) in [4.78, 5) is 4.81. The van der Waals surface area contributed by atoms with Crippen LogP contribution in [-0.4, -0.2) is 48.5 Å². The molecule has 9 heteroatoms. The van der Waals surface area contributed by atoms with Gasteiger partial charge in [-0.1, -0.05) is 12.1 Å². The van der Waals surface area contributed by atoms with E-state index < -0.39 is 0 Å². The Morgan fingerprint density at radius 2 is 2.23 bits per heavy atom. The number of ether oxygens (including phenoxy) is 2. The van der Waals surface area contributed by atoms with Gasteiger partial charge in [0.05, 0.1) is 12.4 Å². The summed E-state index contributed by atoms with van der Waals surface area (Å²) in [7, 11) is 0. The van der Waals surface area contributed by atoms with E-state index >= 15 is 0 Å². The van der Waals surface area contributed by atoms with Gasteiger partial charge in [-0.15, -0.1) is 0 Å². The standard InChI is InChI=1S/C21H26N6O2S/c1-15-11-20(30-26-15)24-9-4-8-23-13-25-21-17(5-3-10-27(21)22-2)16-6-7-18-19(12-16)29-14-28-18/h4,6-7,9,11-12,17,23-24H,2-3,5,8,10,13-14H2,1H3/b9-4+,25-21?. The third kappa shape index (κ3) is 4.80. The lowest BCUT2D eigenvalue weighted by Gasteiger charge is -2.32. The molecule has 2 aliphatic heterocycles. The summed E-state index contributed by atoms with van der Waals surface area (Å²) >= 11 is 1.45. The molecule has 0 bridgehead atoms. The Balaban J connectivity index is 1.36. The van der Waals surface area contributed by atoms with Crippen LogP contribution < -0.4 is 20.1 Å². The highest BCUT2D eigenvalue weighted by molar-refractivity contribution is 7.10. The van der Waals surface area contributed by atoms with Crippen LogP contribution in [0.3, 0.4) is 0 Å². The highest BCUT2D eigenvalue weighted by Gasteiger charge is 2.29. The van der Waals surface area contributed by atoms with Crippen molar-refractivity contribution >= 4 is 29.1 Å². The number of nitrogens with zero attached hydrogens (tertiary/aromatic N) is 4. The van der Waals surface area contributed by atoms with Crippen molar-refractivity contribution in [2.24, 2.45) is 10.1 Å². The highest BCUT2D eigenvalue weighted by Crippen LogP contribution is 2.37. The lowest BCUT2D eigenvalue weighted by Crippen LogP contribution is -2.37. The molecule has 2 aliphatic rings. The molecule has 0 amide bonds. The van der Waals surface area contributed by atoms with E-state index in [1.54, 1.807) is 0 Å². The minimum atomic E-state index is 0.160. The van der Waals surface area contributed by atoms with Crippen LogP contribution in [0, 0.1) is 6.92 Å². The van der Waals surface area contributed by atoms with Crippen molar-refractivity contribution in [3.05, 3.63) is 47.8 Å². The normalized spacial score (nSPS) is 19.6. The van der Waals surface area contributed by atoms with Gasteiger partial charge < -0.3 is 14.8 Å². The molecular weight excluding hydrogens is 400 g/mol. The molecule has 1 fully saturated rings. The molecule has 1 aromatic heterocycles. The maximum Gasteiger partial charge on any atom is 0.231 e. The Hall–Kier alpha value is -2.91. The average Bonchev–Trinajstić information content (AvgIpc) is 3.41. The number of amidine groups is 1. The molecule has 158 valence electrons. The zero-order chi connectivity index (χ0) is 20.8. The number of hydrogen-bond donors (Lipinski definition) is 2. The minimum Gasteiger partial charge on any atom is -0.454 e. The Labute approximate surface area is 180 Å². The van der Waals surface area contributed by atoms with Gasteiger partial charge in [0.15, 0.2) is 11.5 Å². The first-order chi connectivity index (χ1) is 14.7. The van der Waals surface area contributed by atoms with Gasteiger partial charge in [-0.2, -0.15) is 9.47 Å². The third-order valence-corrected chi connectivity index (χ3v) is 5.81. The molecule has 1 saturated heterocycles. The Bertz CT molecular complexity index is 941. The van der Waals surface area contributed by atoms with E-state index in [4.69, 9.17) is 14.5 Å². The van der Waals surface area contributed by atoms with Crippen LogP contribution in [0.25, 0.3) is 0 Å². The molecule has 0 radical (unpaired) electrons. The average molecular weight is 427 g/mol. The van der Waals surface area contributed by atoms with E-state index in [9.17, 15) is 0 Å². The molecule has 8 nitrogen and oxygen atoms in total. The number of rotatable bonds is 8. The Morgan fingerprint density at radius 1 is 1.33 bits per heavy atom. The predicted octanol–water partition coefficient (Wildman–Crippen LogP) is 3.55. The van der Waals surface area contributed by atoms with Crippen LogP contribution >= 0.6 is 11.5 Å². The summed E-state index contributed by atoms with van der Waals surface area (Å²) in [5.74, 6) is 2.68. The van der Waals surface area contributed by atoms with Gasteiger partial charge in [-0.3, -0.25) is 15.3 Å². The number of piperidine rings is 1. The highest BCUT2D eigenvalue weighted by atomic mass is 32.1. The summed E-state index contributed by atoms with van der Waals surface area (Å²) in [5.41, 5.74) is 2.19. The topological polar surface area (TPSA) is 83.4 Å². The van der Waals surface area contributed by atoms with Crippen molar-refractivity contribution in [1.82, 2.24) is 14.7 Å². The number of aliphatic imine (C=N–C) groups is 1. The zero-order valence-electron chi connectivity index (χ0n) is 17.0. The second-order valence-electron chi connectivity index (χ2n) is 7.08. The molecule has 30 heavy (non-hydrogen) atoms. The van der Waals surface area contributed by atoms with Crippen molar-refractivity contribution < 1.29 is 9.47 Å². The molecule has 1 atom stereocenters. The van der Waals surface area contributed by atoms with Crippen molar-refractivity contribution in [2.75, 3.05) is 31.9 Å². The molecular formula is C21H26N6O2S. The number of anilines is 1. The lowest BCUT2D eigenvalue weighted by atomic mass is 9.89. The van der Waals surface area contributed by atoms with Crippen LogP contribution in [0.15, 0.2) is 46.6 Å². The fourth-order valence-electron chi connectivity index (χ4n) is 3.57. The molecule has 0 spiro atoms. The van der Waals surface area contributed by atoms with Gasteiger partial charge in [0.2, 0.25) is 6.79 Å². The van der Waals surface area contributed by atoms with Gasteiger partial charge in [0, 0.05) is 25.7 Å². The van der Waals surface area contributed by atoms with Crippen LogP contribution in [0.5, 0.6) is 11.5 Å². The van der Waals surface area contributed by atoms with Crippen molar-refractivity contribution in [2.45, 2.75) is 25.7 Å². The summed E-state index contributed by atoms with van der Waals surface area (Å²) < 4.78 is 15.2. The minimum absolute atomic E-state index is 0.160. The number of hydrogen-bond acceptors (Lipinski definition) is 8. The van der Waals surface area contributed by atoms with Gasteiger partial charge in [0.1, 0.15) is 10.8 Å². The molecule has 1 aromatic carbocycles. The number of aromatic nitrogens is 1. The number of nitrogens with one attached hydrogen (secondary N) is 2. The number of hydrazone groups is 1. The molecule has 0 saturated carbocycles. The zero-order valence-corrected chi connectivity index (χ0v) is 17.8. The summed E-state index contributed by atoms with van der Waals surface area (Å²) in [6, 6.07) is 8.13. The van der Waals surface area contributed by atoms with Gasteiger partial charge in [-0.25, -0.2) is 0 Å². The number of aryl methyl sites for hydroxylation is 1. The van der Waals surface area contributed by atoms with E-state index in [1.165, 1.54) is 11.5 Å². The molecule has 2 N–H and O–H groups in total. The van der Waals surface area contributed by atoms with Crippen molar-refractivity contribution in [1.29, 1.82) is 0 Å². The largest absolute Gasteiger partial charge is 0.454 e. The fraction of sp³-hybridized carbons (Fsp3) is 0.381. The van der Waals surface area contributed by atoms with Crippen LogP contribution in [0.1, 0.15) is 30.0 Å². The van der Waals surface area contributed by atoms with Gasteiger partial charge in [-0.05, 0) is 61.3 Å².